The SMILES string of the molecule is CC1(NC(=O)COc2ccc(Cl)c(F)c2)CCCC(NC(=O)COc2ccc(Cl)c(F)c2)C1. The van der Waals surface area contributed by atoms with E-state index in [0.29, 0.717) is 6.42 Å². The number of hydrogen-bond acceptors (Lipinski definition) is 4. The van der Waals surface area contributed by atoms with Crippen LogP contribution in [0.2, 0.25) is 10.0 Å². The van der Waals surface area contributed by atoms with Crippen LogP contribution in [0.1, 0.15) is 32.6 Å². The second-order valence-electron chi connectivity index (χ2n) is 8.20. The van der Waals surface area contributed by atoms with Gasteiger partial charge in [0.05, 0.1) is 10.0 Å². The minimum absolute atomic E-state index is 0.0268. The number of ether oxygens (including phenoxy) is 2. The van der Waals surface area contributed by atoms with Crippen molar-refractivity contribution in [3.05, 3.63) is 58.1 Å². The van der Waals surface area contributed by atoms with Crippen molar-refractivity contribution >= 4 is 35.0 Å². The Morgan fingerprint density at radius 3 is 2.09 bits per heavy atom. The Labute approximate surface area is 200 Å². The van der Waals surface area contributed by atoms with Gasteiger partial charge in [-0.15, -0.1) is 0 Å². The van der Waals surface area contributed by atoms with E-state index in [9.17, 15) is 18.4 Å². The lowest BCUT2D eigenvalue weighted by Gasteiger charge is -2.39. The van der Waals surface area contributed by atoms with E-state index in [1.54, 1.807) is 0 Å². The molecule has 1 aliphatic rings. The van der Waals surface area contributed by atoms with E-state index >= 15 is 0 Å². The van der Waals surface area contributed by atoms with Crippen LogP contribution in [-0.4, -0.2) is 36.6 Å². The molecule has 33 heavy (non-hydrogen) atoms. The molecule has 1 fully saturated rings. The van der Waals surface area contributed by atoms with E-state index in [-0.39, 0.29) is 52.6 Å². The van der Waals surface area contributed by atoms with Gasteiger partial charge < -0.3 is 20.1 Å². The zero-order chi connectivity index (χ0) is 24.0. The van der Waals surface area contributed by atoms with Crippen LogP contribution in [0, 0.1) is 11.6 Å². The van der Waals surface area contributed by atoms with Crippen molar-refractivity contribution in [2.75, 3.05) is 13.2 Å². The fourth-order valence-corrected chi connectivity index (χ4v) is 4.03. The van der Waals surface area contributed by atoms with Gasteiger partial charge in [-0.1, -0.05) is 23.2 Å². The smallest absolute Gasteiger partial charge is 0.258 e. The number of nitrogens with one attached hydrogen (secondary N) is 2. The molecule has 0 aliphatic heterocycles. The Bertz CT molecular complexity index is 1020. The van der Waals surface area contributed by atoms with Crippen LogP contribution in [0.4, 0.5) is 8.78 Å². The maximum atomic E-state index is 13.5. The summed E-state index contributed by atoms with van der Waals surface area (Å²) in [6.45, 7) is 1.35. The van der Waals surface area contributed by atoms with E-state index in [1.165, 1.54) is 24.3 Å². The lowest BCUT2D eigenvalue weighted by molar-refractivity contribution is -0.125. The Morgan fingerprint density at radius 1 is 1.00 bits per heavy atom. The molecule has 178 valence electrons. The third kappa shape index (κ3) is 7.47. The summed E-state index contributed by atoms with van der Waals surface area (Å²) in [6.07, 6.45) is 2.82. The van der Waals surface area contributed by atoms with Gasteiger partial charge in [-0.2, -0.15) is 0 Å². The van der Waals surface area contributed by atoms with Crippen molar-refractivity contribution < 1.29 is 27.8 Å². The van der Waals surface area contributed by atoms with Gasteiger partial charge in [0.25, 0.3) is 11.8 Å². The Kier molecular flexibility index (Phi) is 8.37. The monoisotopic (exact) mass is 500 g/mol. The second-order valence-corrected chi connectivity index (χ2v) is 9.01. The molecular formula is C23H24Cl2F2N2O4. The molecule has 2 aromatic carbocycles. The maximum absolute atomic E-state index is 13.5. The molecule has 3 rings (SSSR count). The van der Waals surface area contributed by atoms with E-state index in [2.05, 4.69) is 10.6 Å². The molecule has 1 saturated carbocycles. The molecule has 0 bridgehead atoms. The molecule has 0 aromatic heterocycles. The maximum Gasteiger partial charge on any atom is 0.258 e. The zero-order valence-electron chi connectivity index (χ0n) is 17.9. The minimum Gasteiger partial charge on any atom is -0.484 e. The first-order valence-corrected chi connectivity index (χ1v) is 11.2. The molecule has 2 atom stereocenters. The number of benzene rings is 2. The first-order valence-electron chi connectivity index (χ1n) is 10.4. The Morgan fingerprint density at radius 2 is 1.55 bits per heavy atom. The third-order valence-electron chi connectivity index (χ3n) is 5.31. The molecule has 10 heteroatoms. The Hall–Kier alpha value is -2.58. The van der Waals surface area contributed by atoms with Crippen LogP contribution in [-0.2, 0) is 9.59 Å². The highest BCUT2D eigenvalue weighted by Gasteiger charge is 2.34. The molecule has 2 N–H and O–H groups in total. The van der Waals surface area contributed by atoms with E-state index < -0.39 is 17.2 Å². The van der Waals surface area contributed by atoms with Gasteiger partial charge in [0.15, 0.2) is 13.2 Å². The second kappa shape index (κ2) is 11.0. The molecule has 0 saturated heterocycles. The number of rotatable bonds is 8. The lowest BCUT2D eigenvalue weighted by atomic mass is 9.80. The van der Waals surface area contributed by atoms with Gasteiger partial charge in [-0.05, 0) is 56.9 Å². The van der Waals surface area contributed by atoms with Gasteiger partial charge in [0.2, 0.25) is 0 Å². The third-order valence-corrected chi connectivity index (χ3v) is 5.92. The first-order chi connectivity index (χ1) is 15.6. The number of hydrogen-bond donors (Lipinski definition) is 2. The summed E-state index contributed by atoms with van der Waals surface area (Å²) in [4.78, 5) is 24.7. The number of carbonyl (C=O) groups is 2. The number of carbonyl (C=O) groups excluding carboxylic acids is 2. The van der Waals surface area contributed by atoms with Crippen LogP contribution >= 0.6 is 23.2 Å². The minimum atomic E-state index is -0.627. The summed E-state index contributed by atoms with van der Waals surface area (Å²) in [5, 5.41) is 5.78. The summed E-state index contributed by atoms with van der Waals surface area (Å²) in [5.74, 6) is -1.55. The summed E-state index contributed by atoms with van der Waals surface area (Å²) in [7, 11) is 0. The molecule has 0 spiro atoms. The standard InChI is InChI=1S/C23H24Cl2F2N2O4/c1-23(29-22(31)13-33-16-5-7-18(25)20(27)10-16)8-2-3-14(11-23)28-21(30)12-32-15-4-6-17(24)19(26)9-15/h4-7,9-10,14H,2-3,8,11-13H2,1H3,(H,28,30)(H,29,31). The van der Waals surface area contributed by atoms with Crippen LogP contribution in [0.3, 0.4) is 0 Å². The van der Waals surface area contributed by atoms with Crippen molar-refractivity contribution in [1.82, 2.24) is 10.6 Å². The van der Waals surface area contributed by atoms with E-state index in [0.717, 1.165) is 31.4 Å². The zero-order valence-corrected chi connectivity index (χ0v) is 19.4. The summed E-state index contributed by atoms with van der Waals surface area (Å²) < 4.78 is 37.6. The molecule has 6 nitrogen and oxygen atoms in total. The van der Waals surface area contributed by atoms with Crippen LogP contribution in [0.15, 0.2) is 36.4 Å². The average Bonchev–Trinajstić information content (AvgIpc) is 2.75. The van der Waals surface area contributed by atoms with E-state index in [4.69, 9.17) is 32.7 Å². The summed E-state index contributed by atoms with van der Waals surface area (Å²) >= 11 is 11.3. The lowest BCUT2D eigenvalue weighted by Crippen LogP contribution is -2.54. The first kappa shape index (κ1) is 25.1. The topological polar surface area (TPSA) is 76.7 Å². The predicted molar refractivity (Wildman–Crippen MR) is 121 cm³/mol. The summed E-state index contributed by atoms with van der Waals surface area (Å²) in [6, 6.07) is 7.74. The van der Waals surface area contributed by atoms with Crippen molar-refractivity contribution in [3.63, 3.8) is 0 Å². The number of halogens is 4. The van der Waals surface area contributed by atoms with Gasteiger partial charge >= 0.3 is 0 Å². The molecule has 0 radical (unpaired) electrons. The van der Waals surface area contributed by atoms with Crippen molar-refractivity contribution in [2.24, 2.45) is 0 Å². The van der Waals surface area contributed by atoms with Gasteiger partial charge in [0, 0.05) is 23.7 Å². The van der Waals surface area contributed by atoms with Crippen molar-refractivity contribution in [1.29, 1.82) is 0 Å². The fraction of sp³-hybridized carbons (Fsp3) is 0.391. The highest BCUT2D eigenvalue weighted by molar-refractivity contribution is 6.31. The van der Waals surface area contributed by atoms with Crippen LogP contribution in [0.25, 0.3) is 0 Å². The number of amides is 2. The van der Waals surface area contributed by atoms with Crippen LogP contribution in [0.5, 0.6) is 11.5 Å². The van der Waals surface area contributed by atoms with Crippen molar-refractivity contribution in [2.45, 2.75) is 44.2 Å². The Balaban J connectivity index is 1.45. The molecule has 0 heterocycles. The quantitative estimate of drug-likeness (QED) is 0.552. The fourth-order valence-electron chi connectivity index (χ4n) is 3.80. The van der Waals surface area contributed by atoms with E-state index in [1.807, 2.05) is 6.92 Å². The molecule has 2 aromatic rings. The van der Waals surface area contributed by atoms with Crippen LogP contribution < -0.4 is 20.1 Å². The summed E-state index contributed by atoms with van der Waals surface area (Å²) in [5.41, 5.74) is -0.540. The highest BCUT2D eigenvalue weighted by Crippen LogP contribution is 2.28. The highest BCUT2D eigenvalue weighted by atomic mass is 35.5. The van der Waals surface area contributed by atoms with Gasteiger partial charge in [-0.3, -0.25) is 9.59 Å². The van der Waals surface area contributed by atoms with Gasteiger partial charge in [0.1, 0.15) is 23.1 Å². The molecule has 2 unspecified atom stereocenters. The van der Waals surface area contributed by atoms with Crippen molar-refractivity contribution in [3.8, 4) is 11.5 Å². The molecule has 2 amide bonds. The predicted octanol–water partition coefficient (Wildman–Crippen LogP) is 4.66. The largest absolute Gasteiger partial charge is 0.484 e. The normalized spacial score (nSPS) is 20.1. The molecule has 1 aliphatic carbocycles. The molecular weight excluding hydrogens is 477 g/mol. The average molecular weight is 501 g/mol. The van der Waals surface area contributed by atoms with Gasteiger partial charge in [-0.25, -0.2) is 8.78 Å².